The standard InChI is InChI=1S/C18H21N3O5/c1-10(2)15(12(22)8-11-5-6-19-17(24)16(11)23)21-18-20-9-14(26-18)13-4-3-7-25-13/h3-4,7,9-11,15H,5-6,8H2,1-2H3,(H,19,24)(H,20,21). The summed E-state index contributed by atoms with van der Waals surface area (Å²) in [4.78, 5) is 40.2. The molecule has 1 saturated heterocycles. The fraction of sp³-hybridized carbons (Fsp3) is 0.444. The van der Waals surface area contributed by atoms with E-state index in [9.17, 15) is 14.4 Å². The zero-order chi connectivity index (χ0) is 18.7. The first-order valence-corrected chi connectivity index (χ1v) is 8.56. The Balaban J connectivity index is 1.68. The number of hydrogen-bond acceptors (Lipinski definition) is 7. The van der Waals surface area contributed by atoms with Crippen molar-refractivity contribution in [1.82, 2.24) is 10.3 Å². The minimum Gasteiger partial charge on any atom is -0.461 e. The highest BCUT2D eigenvalue weighted by atomic mass is 16.4. The first-order valence-electron chi connectivity index (χ1n) is 8.56. The fourth-order valence-electron chi connectivity index (χ4n) is 2.95. The molecule has 1 fully saturated rings. The smallest absolute Gasteiger partial charge is 0.295 e. The van der Waals surface area contributed by atoms with Crippen LogP contribution in [-0.2, 0) is 14.4 Å². The van der Waals surface area contributed by atoms with E-state index in [2.05, 4.69) is 15.6 Å². The van der Waals surface area contributed by atoms with Crippen molar-refractivity contribution in [2.45, 2.75) is 32.7 Å². The van der Waals surface area contributed by atoms with Crippen LogP contribution in [0.15, 0.2) is 33.4 Å². The lowest BCUT2D eigenvalue weighted by Gasteiger charge is -2.24. The molecule has 2 unspecified atom stereocenters. The Kier molecular flexibility index (Phi) is 5.20. The molecule has 138 valence electrons. The molecule has 0 saturated carbocycles. The number of piperidine rings is 1. The summed E-state index contributed by atoms with van der Waals surface area (Å²) in [6, 6.07) is 3.12. The summed E-state index contributed by atoms with van der Waals surface area (Å²) in [5.41, 5.74) is 0. The molecular formula is C18H21N3O5. The first-order chi connectivity index (χ1) is 12.5. The highest BCUT2D eigenvalue weighted by molar-refractivity contribution is 6.37. The number of furan rings is 1. The van der Waals surface area contributed by atoms with Gasteiger partial charge in [0.25, 0.3) is 11.9 Å². The quantitative estimate of drug-likeness (QED) is 0.727. The molecule has 2 aromatic heterocycles. The number of ketones is 2. The topological polar surface area (TPSA) is 114 Å². The van der Waals surface area contributed by atoms with Gasteiger partial charge in [0.1, 0.15) is 0 Å². The number of carbonyl (C=O) groups excluding carboxylic acids is 3. The summed E-state index contributed by atoms with van der Waals surface area (Å²) in [7, 11) is 0. The van der Waals surface area contributed by atoms with Crippen molar-refractivity contribution in [1.29, 1.82) is 0 Å². The summed E-state index contributed by atoms with van der Waals surface area (Å²) in [6.45, 7) is 4.19. The van der Waals surface area contributed by atoms with E-state index >= 15 is 0 Å². The number of amides is 1. The molecule has 3 rings (SSSR count). The molecular weight excluding hydrogens is 338 g/mol. The number of nitrogens with zero attached hydrogens (tertiary/aromatic N) is 1. The number of nitrogens with one attached hydrogen (secondary N) is 2. The summed E-state index contributed by atoms with van der Waals surface area (Å²) in [5.74, 6) is -0.909. The van der Waals surface area contributed by atoms with Crippen LogP contribution in [0.5, 0.6) is 0 Å². The van der Waals surface area contributed by atoms with Crippen LogP contribution in [0.25, 0.3) is 11.5 Å². The maximum Gasteiger partial charge on any atom is 0.295 e. The van der Waals surface area contributed by atoms with Gasteiger partial charge in [0.05, 0.1) is 18.5 Å². The highest BCUT2D eigenvalue weighted by Crippen LogP contribution is 2.25. The van der Waals surface area contributed by atoms with Gasteiger partial charge in [0, 0.05) is 18.9 Å². The average Bonchev–Trinajstić information content (AvgIpc) is 3.27. The lowest BCUT2D eigenvalue weighted by molar-refractivity contribution is -0.143. The van der Waals surface area contributed by atoms with Gasteiger partial charge >= 0.3 is 0 Å². The van der Waals surface area contributed by atoms with Gasteiger partial charge in [-0.15, -0.1) is 0 Å². The number of carbonyl (C=O) groups is 3. The molecule has 1 aliphatic rings. The lowest BCUT2D eigenvalue weighted by atomic mass is 9.87. The number of oxazole rings is 1. The largest absolute Gasteiger partial charge is 0.461 e. The monoisotopic (exact) mass is 359 g/mol. The first kappa shape index (κ1) is 17.9. The molecule has 1 aliphatic heterocycles. The molecule has 2 N–H and O–H groups in total. The molecule has 0 radical (unpaired) electrons. The molecule has 0 bridgehead atoms. The molecule has 26 heavy (non-hydrogen) atoms. The van der Waals surface area contributed by atoms with Crippen LogP contribution >= 0.6 is 0 Å². The number of hydrogen-bond donors (Lipinski definition) is 2. The van der Waals surface area contributed by atoms with E-state index in [1.54, 1.807) is 12.1 Å². The van der Waals surface area contributed by atoms with Gasteiger partial charge in [-0.25, -0.2) is 4.98 Å². The average molecular weight is 359 g/mol. The van der Waals surface area contributed by atoms with E-state index in [-0.39, 0.29) is 24.1 Å². The fourth-order valence-corrected chi connectivity index (χ4v) is 2.95. The summed E-state index contributed by atoms with van der Waals surface area (Å²) in [5, 5.41) is 5.49. The molecule has 3 heterocycles. The van der Waals surface area contributed by atoms with Crippen LogP contribution in [0.2, 0.25) is 0 Å². The van der Waals surface area contributed by atoms with Gasteiger partial charge in [-0.1, -0.05) is 13.8 Å². The number of anilines is 1. The van der Waals surface area contributed by atoms with Crippen LogP contribution in [0, 0.1) is 11.8 Å². The van der Waals surface area contributed by atoms with Crippen molar-refractivity contribution in [2.24, 2.45) is 11.8 Å². The van der Waals surface area contributed by atoms with Crippen molar-refractivity contribution in [3.8, 4) is 11.5 Å². The second-order valence-electron chi connectivity index (χ2n) is 6.65. The normalized spacial score (nSPS) is 18.7. The molecule has 2 aromatic rings. The zero-order valence-electron chi connectivity index (χ0n) is 14.7. The highest BCUT2D eigenvalue weighted by Gasteiger charge is 2.34. The molecule has 0 aliphatic carbocycles. The second-order valence-corrected chi connectivity index (χ2v) is 6.65. The minimum absolute atomic E-state index is 0.0217. The number of Topliss-reactive ketones (excluding diaryl/α,β-unsaturated/α-hetero) is 2. The van der Waals surface area contributed by atoms with Gasteiger partial charge in [-0.05, 0) is 24.5 Å². The van der Waals surface area contributed by atoms with Crippen LogP contribution in [0.4, 0.5) is 6.01 Å². The van der Waals surface area contributed by atoms with Crippen LogP contribution in [0.3, 0.4) is 0 Å². The Morgan fingerprint density at radius 3 is 2.88 bits per heavy atom. The van der Waals surface area contributed by atoms with Crippen molar-refractivity contribution < 1.29 is 23.2 Å². The van der Waals surface area contributed by atoms with Gasteiger partial charge in [-0.3, -0.25) is 14.4 Å². The summed E-state index contributed by atoms with van der Waals surface area (Å²) in [6.07, 6.45) is 3.54. The van der Waals surface area contributed by atoms with Crippen LogP contribution in [0.1, 0.15) is 26.7 Å². The van der Waals surface area contributed by atoms with Gasteiger partial charge in [0.2, 0.25) is 5.78 Å². The second kappa shape index (κ2) is 7.55. The Morgan fingerprint density at radius 2 is 2.19 bits per heavy atom. The Bertz CT molecular complexity index is 794. The molecule has 0 aromatic carbocycles. The van der Waals surface area contributed by atoms with Gasteiger partial charge < -0.3 is 19.5 Å². The van der Waals surface area contributed by atoms with E-state index in [4.69, 9.17) is 8.83 Å². The number of aromatic nitrogens is 1. The van der Waals surface area contributed by atoms with E-state index in [1.165, 1.54) is 12.5 Å². The van der Waals surface area contributed by atoms with Crippen molar-refractivity contribution in [3.63, 3.8) is 0 Å². The predicted octanol–water partition coefficient (Wildman–Crippen LogP) is 2.04. The maximum absolute atomic E-state index is 12.7. The van der Waals surface area contributed by atoms with E-state index in [1.807, 2.05) is 13.8 Å². The Morgan fingerprint density at radius 1 is 1.38 bits per heavy atom. The molecule has 1 amide bonds. The summed E-state index contributed by atoms with van der Waals surface area (Å²) < 4.78 is 10.8. The SMILES string of the molecule is CC(C)C(Nc1ncc(-c2ccco2)o1)C(=O)CC1CCNC(=O)C1=O. The number of rotatable bonds is 7. The van der Waals surface area contributed by atoms with E-state index < -0.39 is 23.7 Å². The zero-order valence-corrected chi connectivity index (χ0v) is 14.7. The van der Waals surface area contributed by atoms with E-state index in [0.29, 0.717) is 24.5 Å². The third-order valence-electron chi connectivity index (χ3n) is 4.38. The van der Waals surface area contributed by atoms with Crippen molar-refractivity contribution >= 4 is 23.5 Å². The predicted molar refractivity (Wildman–Crippen MR) is 92.2 cm³/mol. The maximum atomic E-state index is 12.7. The molecule has 8 heteroatoms. The Hall–Kier alpha value is -2.90. The lowest BCUT2D eigenvalue weighted by Crippen LogP contribution is -2.45. The van der Waals surface area contributed by atoms with Crippen molar-refractivity contribution in [3.05, 3.63) is 24.6 Å². The van der Waals surface area contributed by atoms with E-state index in [0.717, 1.165) is 0 Å². The van der Waals surface area contributed by atoms with Crippen LogP contribution < -0.4 is 10.6 Å². The third kappa shape index (κ3) is 3.84. The minimum atomic E-state index is -0.612. The van der Waals surface area contributed by atoms with Gasteiger partial charge in [-0.2, -0.15) is 0 Å². The Labute approximate surface area is 150 Å². The molecule has 2 atom stereocenters. The third-order valence-corrected chi connectivity index (χ3v) is 4.38. The van der Waals surface area contributed by atoms with Crippen LogP contribution in [-0.4, -0.2) is 35.0 Å². The van der Waals surface area contributed by atoms with Gasteiger partial charge in [0.15, 0.2) is 17.3 Å². The molecule has 0 spiro atoms. The summed E-state index contributed by atoms with van der Waals surface area (Å²) >= 11 is 0. The molecule has 8 nitrogen and oxygen atoms in total. The van der Waals surface area contributed by atoms with Crippen molar-refractivity contribution in [2.75, 3.05) is 11.9 Å².